The molecule has 1 aliphatic heterocycles. The molecule has 1 saturated heterocycles. The molecule has 148 valence electrons. The summed E-state index contributed by atoms with van der Waals surface area (Å²) in [5.41, 5.74) is 0. The Hall–Kier alpha value is -0.750. The van der Waals surface area contributed by atoms with E-state index in [4.69, 9.17) is 20.1 Å². The fourth-order valence-corrected chi connectivity index (χ4v) is 1.34. The van der Waals surface area contributed by atoms with Gasteiger partial charge in [-0.15, -0.1) is 6.58 Å². The van der Waals surface area contributed by atoms with Crippen LogP contribution in [-0.2, 0) is 4.79 Å². The Labute approximate surface area is 146 Å². The van der Waals surface area contributed by atoms with Crippen molar-refractivity contribution in [2.75, 3.05) is 27.4 Å². The van der Waals surface area contributed by atoms with E-state index >= 15 is 0 Å². The van der Waals surface area contributed by atoms with Crippen molar-refractivity contribution in [1.82, 2.24) is 5.32 Å². The number of carbonyl (C=O) groups is 1. The molecule has 5 nitrogen and oxygen atoms in total. The first-order chi connectivity index (χ1) is 10.8. The highest BCUT2D eigenvalue weighted by Crippen LogP contribution is 2.09. The van der Waals surface area contributed by atoms with Gasteiger partial charge in [-0.05, 0) is 39.2 Å². The Morgan fingerprint density at radius 2 is 1.43 bits per heavy atom. The third-order valence-corrected chi connectivity index (χ3v) is 1.87. The molecule has 23 heavy (non-hydrogen) atoms. The maximum absolute atomic E-state index is 8.50. The number of nitrogens with one attached hydrogen (secondary N) is 1. The SMILES string of the molecule is C.C=CC.C=O.CC.CC.CO.CO.OCCCC1CCCN1. The van der Waals surface area contributed by atoms with Crippen molar-refractivity contribution < 1.29 is 20.1 Å². The highest BCUT2D eigenvalue weighted by atomic mass is 16.3. The van der Waals surface area contributed by atoms with Crippen molar-refractivity contribution in [3.8, 4) is 0 Å². The highest BCUT2D eigenvalue weighted by Gasteiger charge is 2.11. The van der Waals surface area contributed by atoms with Gasteiger partial charge >= 0.3 is 0 Å². The van der Waals surface area contributed by atoms with E-state index < -0.39 is 0 Å². The number of hydrogen-bond donors (Lipinski definition) is 4. The normalized spacial score (nSPS) is 12.3. The van der Waals surface area contributed by atoms with Crippen LogP contribution in [0.5, 0.6) is 0 Å². The van der Waals surface area contributed by atoms with E-state index in [1.165, 1.54) is 19.4 Å². The first kappa shape index (κ1) is 43.2. The van der Waals surface area contributed by atoms with Crippen molar-refractivity contribution in [2.24, 2.45) is 0 Å². The maximum Gasteiger partial charge on any atom is 0.106 e. The van der Waals surface area contributed by atoms with Gasteiger partial charge < -0.3 is 25.4 Å². The van der Waals surface area contributed by atoms with E-state index in [2.05, 4.69) is 11.9 Å². The molecular weight excluding hydrogens is 294 g/mol. The Bertz CT molecular complexity index is 120. The van der Waals surface area contributed by atoms with Crippen molar-refractivity contribution >= 4 is 6.79 Å². The summed E-state index contributed by atoms with van der Waals surface area (Å²) in [6.07, 6.45) is 6.48. The third kappa shape index (κ3) is 75.0. The molecule has 1 aliphatic rings. The maximum atomic E-state index is 8.50. The first-order valence-corrected chi connectivity index (χ1v) is 7.94. The molecule has 1 atom stereocenters. The zero-order valence-corrected chi connectivity index (χ0v) is 16.1. The topological polar surface area (TPSA) is 89.8 Å². The summed E-state index contributed by atoms with van der Waals surface area (Å²) >= 11 is 0. The van der Waals surface area contributed by atoms with Crippen molar-refractivity contribution in [2.45, 2.75) is 73.8 Å². The molecular formula is C18H47NO4. The molecule has 0 bridgehead atoms. The van der Waals surface area contributed by atoms with Crippen LogP contribution in [0, 0.1) is 0 Å². The summed E-state index contributed by atoms with van der Waals surface area (Å²) in [5, 5.41) is 25.9. The Kier molecular flexibility index (Phi) is 156. The van der Waals surface area contributed by atoms with Crippen LogP contribution in [0.4, 0.5) is 0 Å². The second kappa shape index (κ2) is 82.9. The van der Waals surface area contributed by atoms with Gasteiger partial charge in [-0.1, -0.05) is 41.2 Å². The molecule has 1 unspecified atom stereocenters. The van der Waals surface area contributed by atoms with Crippen LogP contribution in [0.15, 0.2) is 12.7 Å². The number of hydrogen-bond acceptors (Lipinski definition) is 5. The minimum absolute atomic E-state index is 0. The largest absolute Gasteiger partial charge is 0.400 e. The van der Waals surface area contributed by atoms with Crippen LogP contribution in [0.2, 0.25) is 0 Å². The van der Waals surface area contributed by atoms with E-state index in [0.29, 0.717) is 12.6 Å². The zero-order valence-electron chi connectivity index (χ0n) is 16.1. The van der Waals surface area contributed by atoms with Crippen LogP contribution >= 0.6 is 0 Å². The molecule has 1 fully saturated rings. The molecule has 0 radical (unpaired) electrons. The Morgan fingerprint density at radius 3 is 1.65 bits per heavy atom. The van der Waals surface area contributed by atoms with E-state index in [1.807, 2.05) is 41.4 Å². The van der Waals surface area contributed by atoms with Gasteiger partial charge in [0, 0.05) is 26.9 Å². The number of carbonyl (C=O) groups excluding carboxylic acids is 1. The lowest BCUT2D eigenvalue weighted by atomic mass is 10.1. The van der Waals surface area contributed by atoms with Crippen molar-refractivity contribution in [1.29, 1.82) is 0 Å². The molecule has 0 amide bonds. The summed E-state index contributed by atoms with van der Waals surface area (Å²) in [4.78, 5) is 8.00. The lowest BCUT2D eigenvalue weighted by Gasteiger charge is -2.06. The van der Waals surface area contributed by atoms with E-state index in [-0.39, 0.29) is 7.43 Å². The first-order valence-electron chi connectivity index (χ1n) is 7.94. The molecule has 5 heteroatoms. The third-order valence-electron chi connectivity index (χ3n) is 1.87. The number of aliphatic hydroxyl groups is 3. The smallest absolute Gasteiger partial charge is 0.106 e. The zero-order chi connectivity index (χ0) is 19.2. The lowest BCUT2D eigenvalue weighted by molar-refractivity contribution is -0.0979. The molecule has 1 rings (SSSR count). The fraction of sp³-hybridized carbons (Fsp3) is 0.833. The predicted octanol–water partition coefficient (Wildman–Crippen LogP) is 3.42. The highest BCUT2D eigenvalue weighted by molar-refractivity contribution is 5.10. The van der Waals surface area contributed by atoms with Crippen LogP contribution in [0.3, 0.4) is 0 Å². The lowest BCUT2D eigenvalue weighted by Crippen LogP contribution is -2.21. The van der Waals surface area contributed by atoms with Gasteiger partial charge in [-0.3, -0.25) is 0 Å². The Morgan fingerprint density at radius 1 is 1.09 bits per heavy atom. The number of rotatable bonds is 3. The summed E-state index contributed by atoms with van der Waals surface area (Å²) in [7, 11) is 2.00. The molecule has 0 aromatic rings. The van der Waals surface area contributed by atoms with E-state index in [0.717, 1.165) is 27.1 Å². The molecule has 0 aliphatic carbocycles. The van der Waals surface area contributed by atoms with Crippen LogP contribution < -0.4 is 5.32 Å². The summed E-state index contributed by atoms with van der Waals surface area (Å²) in [6.45, 7) is 16.8. The van der Waals surface area contributed by atoms with Gasteiger partial charge in [0.2, 0.25) is 0 Å². The van der Waals surface area contributed by atoms with Gasteiger partial charge in [0.15, 0.2) is 0 Å². The number of allylic oxidation sites excluding steroid dienone is 1. The summed E-state index contributed by atoms with van der Waals surface area (Å²) in [5.74, 6) is 0. The molecule has 0 aromatic heterocycles. The second-order valence-electron chi connectivity index (χ2n) is 3.07. The summed E-state index contributed by atoms with van der Waals surface area (Å²) < 4.78 is 0. The minimum atomic E-state index is 0. The molecule has 1 heterocycles. The average Bonchev–Trinajstić information content (AvgIpc) is 3.16. The van der Waals surface area contributed by atoms with Gasteiger partial charge in [-0.2, -0.15) is 0 Å². The van der Waals surface area contributed by atoms with Crippen LogP contribution in [0.25, 0.3) is 0 Å². The Balaban J connectivity index is -0.0000000314. The quantitative estimate of drug-likeness (QED) is 0.591. The van der Waals surface area contributed by atoms with Crippen molar-refractivity contribution in [3.05, 3.63) is 12.7 Å². The van der Waals surface area contributed by atoms with Gasteiger partial charge in [-0.25, -0.2) is 0 Å². The monoisotopic (exact) mass is 341 g/mol. The minimum Gasteiger partial charge on any atom is -0.400 e. The second-order valence-corrected chi connectivity index (χ2v) is 3.07. The van der Waals surface area contributed by atoms with Crippen LogP contribution in [-0.4, -0.2) is 55.5 Å². The van der Waals surface area contributed by atoms with Crippen LogP contribution in [0.1, 0.15) is 67.7 Å². The summed E-state index contributed by atoms with van der Waals surface area (Å²) in [6, 6.07) is 0.706. The van der Waals surface area contributed by atoms with Gasteiger partial charge in [0.25, 0.3) is 0 Å². The van der Waals surface area contributed by atoms with E-state index in [9.17, 15) is 0 Å². The average molecular weight is 342 g/mol. The van der Waals surface area contributed by atoms with Crippen molar-refractivity contribution in [3.63, 3.8) is 0 Å². The standard InChI is InChI=1S/C7H15NO.C3H6.2C2H6.2CH4O.CH2O.CH4/c9-6-2-4-7-3-1-5-8-7;1-3-2;5*1-2;/h7-9H,1-6H2;3H,1H2,2H3;2*1-2H3;2*2H,1H3;1H2;1H4. The predicted molar refractivity (Wildman–Crippen MR) is 106 cm³/mol. The van der Waals surface area contributed by atoms with Gasteiger partial charge in [0.1, 0.15) is 6.79 Å². The molecule has 0 spiro atoms. The molecule has 0 aromatic carbocycles. The molecule has 0 saturated carbocycles. The van der Waals surface area contributed by atoms with E-state index in [1.54, 1.807) is 6.08 Å². The fourth-order valence-electron chi connectivity index (χ4n) is 1.34. The van der Waals surface area contributed by atoms with Gasteiger partial charge in [0.05, 0.1) is 0 Å². The molecule has 4 N–H and O–H groups in total. The number of aliphatic hydroxyl groups excluding tert-OH is 3.